The summed E-state index contributed by atoms with van der Waals surface area (Å²) >= 11 is 0. The van der Waals surface area contributed by atoms with E-state index in [9.17, 15) is 14.4 Å². The van der Waals surface area contributed by atoms with Crippen molar-refractivity contribution in [2.24, 2.45) is 10.8 Å². The standard InChI is InChI=1S/C14H26N2O4/c1-13(2,3)6-7-15-12(20)16-10(17)8-14(4,5)9-11(18)19/h6-9H2,1-5H3,(H,18,19)(H2,15,16,17,20). The number of carboxylic acid groups (broad SMARTS) is 1. The molecule has 0 heterocycles. The van der Waals surface area contributed by atoms with Crippen molar-refractivity contribution < 1.29 is 19.5 Å². The van der Waals surface area contributed by atoms with Gasteiger partial charge in [0.05, 0.1) is 6.42 Å². The highest BCUT2D eigenvalue weighted by Crippen LogP contribution is 2.24. The second kappa shape index (κ2) is 7.26. The molecule has 0 radical (unpaired) electrons. The fourth-order valence-corrected chi connectivity index (χ4v) is 1.67. The lowest BCUT2D eigenvalue weighted by Crippen LogP contribution is -2.42. The van der Waals surface area contributed by atoms with Gasteiger partial charge in [-0.2, -0.15) is 0 Å². The minimum atomic E-state index is -0.961. The fraction of sp³-hybridized carbons (Fsp3) is 0.786. The van der Waals surface area contributed by atoms with Gasteiger partial charge in [-0.3, -0.25) is 14.9 Å². The minimum Gasteiger partial charge on any atom is -0.481 e. The number of amides is 3. The molecule has 6 heteroatoms. The SMILES string of the molecule is CC(C)(C)CCNC(=O)NC(=O)CC(C)(C)CC(=O)O. The smallest absolute Gasteiger partial charge is 0.321 e. The van der Waals surface area contributed by atoms with Crippen LogP contribution in [0.5, 0.6) is 0 Å². The van der Waals surface area contributed by atoms with Gasteiger partial charge in [-0.15, -0.1) is 0 Å². The fourth-order valence-electron chi connectivity index (χ4n) is 1.67. The number of nitrogens with one attached hydrogen (secondary N) is 2. The number of aliphatic carboxylic acids is 1. The van der Waals surface area contributed by atoms with E-state index < -0.39 is 23.3 Å². The van der Waals surface area contributed by atoms with E-state index in [1.54, 1.807) is 13.8 Å². The van der Waals surface area contributed by atoms with Crippen molar-refractivity contribution >= 4 is 17.9 Å². The number of rotatable bonds is 6. The van der Waals surface area contributed by atoms with E-state index >= 15 is 0 Å². The molecular formula is C14H26N2O4. The summed E-state index contributed by atoms with van der Waals surface area (Å²) in [4.78, 5) is 33.8. The van der Waals surface area contributed by atoms with Gasteiger partial charge in [0.25, 0.3) is 0 Å². The highest BCUT2D eigenvalue weighted by molar-refractivity contribution is 5.94. The highest BCUT2D eigenvalue weighted by atomic mass is 16.4. The van der Waals surface area contributed by atoms with E-state index in [4.69, 9.17) is 5.11 Å². The van der Waals surface area contributed by atoms with Crippen LogP contribution in [0, 0.1) is 10.8 Å². The number of hydrogen-bond donors (Lipinski definition) is 3. The highest BCUT2D eigenvalue weighted by Gasteiger charge is 2.25. The maximum atomic E-state index is 11.6. The van der Waals surface area contributed by atoms with Gasteiger partial charge in [-0.1, -0.05) is 34.6 Å². The first-order valence-electron chi connectivity index (χ1n) is 6.71. The van der Waals surface area contributed by atoms with E-state index in [2.05, 4.69) is 31.4 Å². The number of carboxylic acids is 1. The average molecular weight is 286 g/mol. The third-order valence-electron chi connectivity index (χ3n) is 2.68. The average Bonchev–Trinajstić information content (AvgIpc) is 2.10. The van der Waals surface area contributed by atoms with Crippen LogP contribution >= 0.6 is 0 Å². The minimum absolute atomic E-state index is 0.00795. The Kier molecular flexibility index (Phi) is 6.68. The van der Waals surface area contributed by atoms with Crippen LogP contribution in [0.25, 0.3) is 0 Å². The van der Waals surface area contributed by atoms with E-state index in [0.717, 1.165) is 6.42 Å². The van der Waals surface area contributed by atoms with Crippen molar-refractivity contribution in [2.75, 3.05) is 6.54 Å². The maximum absolute atomic E-state index is 11.6. The number of carbonyl (C=O) groups excluding carboxylic acids is 2. The molecule has 0 aromatic heterocycles. The van der Waals surface area contributed by atoms with Crippen molar-refractivity contribution in [3.8, 4) is 0 Å². The summed E-state index contributed by atoms with van der Waals surface area (Å²) in [7, 11) is 0. The lowest BCUT2D eigenvalue weighted by Gasteiger charge is -2.21. The second-order valence-electron chi connectivity index (χ2n) is 7.03. The van der Waals surface area contributed by atoms with Crippen LogP contribution in [0.3, 0.4) is 0 Å². The van der Waals surface area contributed by atoms with Crippen LogP contribution in [0.15, 0.2) is 0 Å². The third-order valence-corrected chi connectivity index (χ3v) is 2.68. The van der Waals surface area contributed by atoms with Crippen LogP contribution in [-0.4, -0.2) is 29.6 Å². The lowest BCUT2D eigenvalue weighted by molar-refractivity contribution is -0.139. The largest absolute Gasteiger partial charge is 0.481 e. The predicted molar refractivity (Wildman–Crippen MR) is 76.3 cm³/mol. The van der Waals surface area contributed by atoms with Gasteiger partial charge in [-0.05, 0) is 17.3 Å². The number of urea groups is 1. The molecule has 0 atom stereocenters. The zero-order valence-corrected chi connectivity index (χ0v) is 13.0. The van der Waals surface area contributed by atoms with Gasteiger partial charge < -0.3 is 10.4 Å². The molecule has 0 bridgehead atoms. The molecule has 0 unspecified atom stereocenters. The van der Waals surface area contributed by atoms with Crippen molar-refractivity contribution in [2.45, 2.75) is 53.9 Å². The molecule has 0 aliphatic heterocycles. The predicted octanol–water partition coefficient (Wildman–Crippen LogP) is 2.14. The van der Waals surface area contributed by atoms with Gasteiger partial charge >= 0.3 is 12.0 Å². The third kappa shape index (κ3) is 10.3. The van der Waals surface area contributed by atoms with Crippen molar-refractivity contribution in [3.63, 3.8) is 0 Å². The van der Waals surface area contributed by atoms with Crippen LogP contribution < -0.4 is 10.6 Å². The summed E-state index contributed by atoms with van der Waals surface area (Å²) in [6.45, 7) is 10.0. The molecule has 20 heavy (non-hydrogen) atoms. The monoisotopic (exact) mass is 286 g/mol. The van der Waals surface area contributed by atoms with E-state index in [1.807, 2.05) is 0 Å². The Hall–Kier alpha value is -1.59. The zero-order valence-electron chi connectivity index (χ0n) is 13.0. The Labute approximate surface area is 120 Å². The summed E-state index contributed by atoms with van der Waals surface area (Å²) < 4.78 is 0. The molecule has 0 aromatic rings. The number of imide groups is 1. The summed E-state index contributed by atoms with van der Waals surface area (Å²) in [6.07, 6.45) is 0.678. The van der Waals surface area contributed by atoms with Crippen LogP contribution in [0.1, 0.15) is 53.9 Å². The molecule has 3 N–H and O–H groups in total. The molecule has 0 rings (SSSR count). The van der Waals surface area contributed by atoms with Crippen LogP contribution in [0.4, 0.5) is 4.79 Å². The first kappa shape index (κ1) is 18.4. The summed E-state index contributed by atoms with van der Waals surface area (Å²) in [5.74, 6) is -1.43. The number of carbonyl (C=O) groups is 3. The Morgan fingerprint density at radius 3 is 2.00 bits per heavy atom. The first-order valence-corrected chi connectivity index (χ1v) is 6.71. The molecule has 0 aliphatic rings. The quantitative estimate of drug-likeness (QED) is 0.697. The van der Waals surface area contributed by atoms with Gasteiger partial charge in [0.15, 0.2) is 0 Å². The van der Waals surface area contributed by atoms with Crippen molar-refractivity contribution in [1.29, 1.82) is 0 Å². The second-order valence-corrected chi connectivity index (χ2v) is 7.03. The van der Waals surface area contributed by atoms with E-state index in [0.29, 0.717) is 6.54 Å². The molecule has 0 saturated carbocycles. The van der Waals surface area contributed by atoms with E-state index in [-0.39, 0.29) is 18.3 Å². The van der Waals surface area contributed by atoms with Crippen molar-refractivity contribution in [1.82, 2.24) is 10.6 Å². The Balaban J connectivity index is 4.08. The number of hydrogen-bond acceptors (Lipinski definition) is 3. The Morgan fingerprint density at radius 1 is 1.00 bits per heavy atom. The molecule has 0 saturated heterocycles. The molecule has 3 amide bonds. The first-order chi connectivity index (χ1) is 8.91. The van der Waals surface area contributed by atoms with Gasteiger partial charge in [0, 0.05) is 13.0 Å². The molecule has 0 fully saturated rings. The van der Waals surface area contributed by atoms with Crippen molar-refractivity contribution in [3.05, 3.63) is 0 Å². The molecule has 0 spiro atoms. The maximum Gasteiger partial charge on any atom is 0.321 e. The van der Waals surface area contributed by atoms with Crippen LogP contribution in [0.2, 0.25) is 0 Å². The zero-order chi connectivity index (χ0) is 16.0. The van der Waals surface area contributed by atoms with Crippen LogP contribution in [-0.2, 0) is 9.59 Å². The normalized spacial score (nSPS) is 11.8. The molecule has 0 aliphatic carbocycles. The molecular weight excluding hydrogens is 260 g/mol. The summed E-state index contributed by atoms with van der Waals surface area (Å²) in [5, 5.41) is 13.5. The molecule has 0 aromatic carbocycles. The van der Waals surface area contributed by atoms with Gasteiger partial charge in [-0.25, -0.2) is 4.79 Å². The van der Waals surface area contributed by atoms with Gasteiger partial charge in [0.1, 0.15) is 0 Å². The summed E-state index contributed by atoms with van der Waals surface area (Å²) in [6, 6.07) is -0.537. The van der Waals surface area contributed by atoms with Gasteiger partial charge in [0.2, 0.25) is 5.91 Å². The summed E-state index contributed by atoms with van der Waals surface area (Å²) in [5.41, 5.74) is -0.567. The molecule has 116 valence electrons. The Morgan fingerprint density at radius 2 is 1.55 bits per heavy atom. The Bertz CT molecular complexity index is 370. The van der Waals surface area contributed by atoms with E-state index in [1.165, 1.54) is 0 Å². The topological polar surface area (TPSA) is 95.5 Å². The lowest BCUT2D eigenvalue weighted by atomic mass is 9.85. The molecule has 6 nitrogen and oxygen atoms in total.